The second kappa shape index (κ2) is 9.66. The number of nitro groups is 1. The Kier molecular flexibility index (Phi) is 7.27. The molecule has 2 aromatic rings. The van der Waals surface area contributed by atoms with Crippen LogP contribution in [0, 0.1) is 10.1 Å². The number of non-ortho nitro benzene ring substituents is 1. The Hall–Kier alpha value is -2.75. The molecule has 0 saturated carbocycles. The predicted octanol–water partition coefficient (Wildman–Crippen LogP) is 3.45. The third-order valence-corrected chi connectivity index (χ3v) is 4.39. The van der Waals surface area contributed by atoms with Crippen LogP contribution in [0.5, 0.6) is 0 Å². The molecule has 9 nitrogen and oxygen atoms in total. The van der Waals surface area contributed by atoms with Gasteiger partial charge in [0.15, 0.2) is 5.13 Å². The molecule has 0 aliphatic heterocycles. The van der Waals surface area contributed by atoms with Gasteiger partial charge in [-0.3, -0.25) is 20.2 Å². The number of aromatic nitrogens is 1. The molecule has 0 unspecified atom stereocenters. The number of benzene rings is 1. The lowest BCUT2D eigenvalue weighted by molar-refractivity contribution is -0.384. The van der Waals surface area contributed by atoms with Crippen LogP contribution >= 0.6 is 11.3 Å². The van der Waals surface area contributed by atoms with E-state index in [9.17, 15) is 19.7 Å². The lowest BCUT2D eigenvalue weighted by Gasteiger charge is -2.05. The van der Waals surface area contributed by atoms with Crippen LogP contribution in [-0.4, -0.2) is 35.1 Å². The van der Waals surface area contributed by atoms with Crippen LogP contribution in [0.4, 0.5) is 15.6 Å². The van der Waals surface area contributed by atoms with Gasteiger partial charge in [0.05, 0.1) is 21.7 Å². The van der Waals surface area contributed by atoms with E-state index in [2.05, 4.69) is 15.6 Å². The summed E-state index contributed by atoms with van der Waals surface area (Å²) in [6.07, 6.45) is 2.67. The van der Waals surface area contributed by atoms with Crippen LogP contribution in [0.3, 0.4) is 0 Å². The predicted molar refractivity (Wildman–Crippen MR) is 98.4 cm³/mol. The molecule has 0 aliphatic rings. The Morgan fingerprint density at radius 3 is 2.85 bits per heavy atom. The molecule has 2 amide bonds. The van der Waals surface area contributed by atoms with Gasteiger partial charge in [-0.1, -0.05) is 17.8 Å². The molecule has 1 heterocycles. The van der Waals surface area contributed by atoms with Gasteiger partial charge in [-0.15, -0.1) is 0 Å². The number of esters is 1. The summed E-state index contributed by atoms with van der Waals surface area (Å²) in [7, 11) is 0. The van der Waals surface area contributed by atoms with Gasteiger partial charge < -0.3 is 10.1 Å². The number of fused-ring (bicyclic) bond motifs is 1. The van der Waals surface area contributed by atoms with Crippen LogP contribution < -0.4 is 10.6 Å². The number of hydrogen-bond acceptors (Lipinski definition) is 7. The summed E-state index contributed by atoms with van der Waals surface area (Å²) in [5, 5.41) is 16.5. The number of carbonyl (C=O) groups excluding carboxylic acids is 2. The van der Waals surface area contributed by atoms with Gasteiger partial charge in [0.2, 0.25) is 0 Å². The fourth-order valence-electron chi connectivity index (χ4n) is 2.23. The van der Waals surface area contributed by atoms with Gasteiger partial charge in [0.25, 0.3) is 5.69 Å². The van der Waals surface area contributed by atoms with Crippen molar-refractivity contribution in [2.24, 2.45) is 0 Å². The number of rotatable bonds is 9. The van der Waals surface area contributed by atoms with E-state index in [0.717, 1.165) is 19.3 Å². The Labute approximate surface area is 153 Å². The lowest BCUT2D eigenvalue weighted by atomic mass is 10.2. The fraction of sp³-hybridized carbons (Fsp3) is 0.438. The van der Waals surface area contributed by atoms with Crippen molar-refractivity contribution < 1.29 is 19.2 Å². The number of carbonyl (C=O) groups is 2. The van der Waals surface area contributed by atoms with Gasteiger partial charge >= 0.3 is 12.0 Å². The summed E-state index contributed by atoms with van der Waals surface area (Å²) in [5.41, 5.74) is 0.579. The highest BCUT2D eigenvalue weighted by molar-refractivity contribution is 7.22. The number of urea groups is 1. The summed E-state index contributed by atoms with van der Waals surface area (Å²) in [6.45, 7) is 2.64. The number of ether oxygens (including phenoxy) is 1. The molecule has 10 heteroatoms. The molecule has 1 aromatic carbocycles. The zero-order chi connectivity index (χ0) is 18.9. The van der Waals surface area contributed by atoms with E-state index in [0.29, 0.717) is 34.9 Å². The Bertz CT molecular complexity index is 792. The molecule has 0 spiro atoms. The molecule has 0 saturated heterocycles. The number of anilines is 1. The quantitative estimate of drug-likeness (QED) is 0.297. The van der Waals surface area contributed by atoms with Crippen molar-refractivity contribution in [3.63, 3.8) is 0 Å². The normalized spacial score (nSPS) is 10.5. The minimum Gasteiger partial charge on any atom is -0.466 e. The summed E-state index contributed by atoms with van der Waals surface area (Å²) < 4.78 is 5.47. The summed E-state index contributed by atoms with van der Waals surface area (Å²) in [4.78, 5) is 37.6. The maximum absolute atomic E-state index is 11.9. The van der Waals surface area contributed by atoms with Crippen LogP contribution in [-0.2, 0) is 9.53 Å². The third kappa shape index (κ3) is 5.96. The number of hydrogen-bond donors (Lipinski definition) is 2. The maximum Gasteiger partial charge on any atom is 0.321 e. The van der Waals surface area contributed by atoms with Gasteiger partial charge in [-0.25, -0.2) is 9.78 Å². The van der Waals surface area contributed by atoms with Crippen molar-refractivity contribution in [3.8, 4) is 0 Å². The van der Waals surface area contributed by atoms with E-state index in [1.54, 1.807) is 13.0 Å². The van der Waals surface area contributed by atoms with Gasteiger partial charge in [0.1, 0.15) is 0 Å². The number of unbranched alkanes of at least 4 members (excludes halogenated alkanes) is 2. The second-order valence-electron chi connectivity index (χ2n) is 5.42. The minimum atomic E-state index is -0.471. The van der Waals surface area contributed by atoms with Crippen molar-refractivity contribution >= 4 is 44.4 Å². The number of thiazole rings is 1. The molecule has 0 radical (unpaired) electrons. The zero-order valence-electron chi connectivity index (χ0n) is 14.3. The molecule has 0 bridgehead atoms. The molecule has 1 aromatic heterocycles. The van der Waals surface area contributed by atoms with Gasteiger partial charge in [-0.05, 0) is 25.8 Å². The summed E-state index contributed by atoms with van der Waals surface area (Å²) >= 11 is 1.17. The molecule has 0 aliphatic carbocycles. The monoisotopic (exact) mass is 380 g/mol. The Morgan fingerprint density at radius 1 is 1.31 bits per heavy atom. The molecule has 2 rings (SSSR count). The molecular formula is C16H20N4O5S. The van der Waals surface area contributed by atoms with Crippen LogP contribution in [0.15, 0.2) is 18.2 Å². The smallest absolute Gasteiger partial charge is 0.321 e. The van der Waals surface area contributed by atoms with E-state index in [1.807, 2.05) is 0 Å². The number of amides is 2. The van der Waals surface area contributed by atoms with E-state index < -0.39 is 4.92 Å². The minimum absolute atomic E-state index is 0.0139. The SMILES string of the molecule is CCOC(=O)CCCCCNC(=O)Nc1nc2ccc([N+](=O)[O-])cc2s1. The molecule has 140 valence electrons. The van der Waals surface area contributed by atoms with Crippen molar-refractivity contribution in [1.82, 2.24) is 10.3 Å². The average Bonchev–Trinajstić information content (AvgIpc) is 2.99. The molecule has 0 fully saturated rings. The molecular weight excluding hydrogens is 360 g/mol. The van der Waals surface area contributed by atoms with E-state index in [4.69, 9.17) is 4.74 Å². The van der Waals surface area contributed by atoms with Crippen molar-refractivity contribution in [2.45, 2.75) is 32.6 Å². The largest absolute Gasteiger partial charge is 0.466 e. The van der Waals surface area contributed by atoms with E-state index in [1.165, 1.54) is 23.5 Å². The Morgan fingerprint density at radius 2 is 2.12 bits per heavy atom. The molecule has 26 heavy (non-hydrogen) atoms. The number of nitro benzene ring substituents is 1. The highest BCUT2D eigenvalue weighted by Crippen LogP contribution is 2.28. The van der Waals surface area contributed by atoms with E-state index >= 15 is 0 Å². The van der Waals surface area contributed by atoms with Crippen LogP contribution in [0.25, 0.3) is 10.2 Å². The number of nitrogens with zero attached hydrogens (tertiary/aromatic N) is 2. The summed E-state index contributed by atoms with van der Waals surface area (Å²) in [6, 6.07) is 3.97. The molecule has 2 N–H and O–H groups in total. The fourth-order valence-corrected chi connectivity index (χ4v) is 3.12. The van der Waals surface area contributed by atoms with Crippen LogP contribution in [0.1, 0.15) is 32.6 Å². The first-order valence-electron chi connectivity index (χ1n) is 8.25. The first-order chi connectivity index (χ1) is 12.5. The zero-order valence-corrected chi connectivity index (χ0v) is 15.1. The van der Waals surface area contributed by atoms with Gasteiger partial charge in [0, 0.05) is 25.1 Å². The van der Waals surface area contributed by atoms with Crippen molar-refractivity contribution in [3.05, 3.63) is 28.3 Å². The topological polar surface area (TPSA) is 123 Å². The standard InChI is InChI=1S/C16H20N4O5S/c1-2-25-14(21)6-4-3-5-9-17-15(22)19-16-18-12-8-7-11(20(23)24)10-13(12)26-16/h7-8,10H,2-6,9H2,1H3,(H2,17,18,19,22). The average molecular weight is 380 g/mol. The van der Waals surface area contributed by atoms with E-state index in [-0.39, 0.29) is 17.7 Å². The first-order valence-corrected chi connectivity index (χ1v) is 9.06. The first kappa shape index (κ1) is 19.6. The Balaban J connectivity index is 1.72. The van der Waals surface area contributed by atoms with Gasteiger partial charge in [-0.2, -0.15) is 0 Å². The highest BCUT2D eigenvalue weighted by atomic mass is 32.1. The summed E-state index contributed by atoms with van der Waals surface area (Å²) in [5.74, 6) is -0.200. The lowest BCUT2D eigenvalue weighted by Crippen LogP contribution is -2.29. The third-order valence-electron chi connectivity index (χ3n) is 3.45. The molecule has 0 atom stereocenters. The van der Waals surface area contributed by atoms with Crippen molar-refractivity contribution in [1.29, 1.82) is 0 Å². The maximum atomic E-state index is 11.9. The van der Waals surface area contributed by atoms with Crippen molar-refractivity contribution in [2.75, 3.05) is 18.5 Å². The number of nitrogens with one attached hydrogen (secondary N) is 2. The van der Waals surface area contributed by atoms with Crippen LogP contribution in [0.2, 0.25) is 0 Å². The second-order valence-corrected chi connectivity index (χ2v) is 6.46. The highest BCUT2D eigenvalue weighted by Gasteiger charge is 2.11.